The van der Waals surface area contributed by atoms with Crippen LogP contribution in [0.1, 0.15) is 70.5 Å². The predicted octanol–water partition coefficient (Wildman–Crippen LogP) is 11.1. The minimum atomic E-state index is -5.03. The summed E-state index contributed by atoms with van der Waals surface area (Å²) >= 11 is 0. The third kappa shape index (κ3) is 8.38. The highest BCUT2D eigenvalue weighted by Gasteiger charge is 2.42. The van der Waals surface area contributed by atoms with E-state index in [9.17, 15) is 52.7 Å². The summed E-state index contributed by atoms with van der Waals surface area (Å²) in [5.41, 5.74) is -5.44. The molecule has 4 aromatic rings. The average molecular weight is 775 g/mol. The topological polar surface area (TPSA) is 32.3 Å². The zero-order valence-corrected chi connectivity index (χ0v) is 28.9. The van der Waals surface area contributed by atoms with Crippen LogP contribution in [0.2, 0.25) is 0 Å². The van der Waals surface area contributed by atoms with Crippen molar-refractivity contribution in [1.82, 2.24) is 19.8 Å². The van der Waals surface area contributed by atoms with Gasteiger partial charge in [0.15, 0.2) is 0 Å². The van der Waals surface area contributed by atoms with Crippen LogP contribution in [0.3, 0.4) is 0 Å². The zero-order valence-electron chi connectivity index (χ0n) is 28.9. The smallest absolute Gasteiger partial charge is 0.293 e. The second kappa shape index (κ2) is 14.5. The van der Waals surface area contributed by atoms with E-state index < -0.39 is 47.0 Å². The lowest BCUT2D eigenvalue weighted by molar-refractivity contribution is -0.144. The number of hydrogen-bond donors (Lipinski definition) is 0. The lowest BCUT2D eigenvalue weighted by Crippen LogP contribution is -2.45. The third-order valence-electron chi connectivity index (χ3n) is 10.2. The molecule has 2 aliphatic heterocycles. The summed E-state index contributed by atoms with van der Waals surface area (Å²) < 4.78 is 163. The van der Waals surface area contributed by atoms with Crippen molar-refractivity contribution in [1.29, 1.82) is 0 Å². The minimum absolute atomic E-state index is 0.0406. The molecule has 54 heavy (non-hydrogen) atoms. The summed E-state index contributed by atoms with van der Waals surface area (Å²) in [6, 6.07) is 7.79. The maximum absolute atomic E-state index is 13.9. The first kappa shape index (κ1) is 39.5. The summed E-state index contributed by atoms with van der Waals surface area (Å²) in [5, 5.41) is 0. The Balaban J connectivity index is 1.17. The minimum Gasteiger partial charge on any atom is -0.293 e. The lowest BCUT2D eigenvalue weighted by atomic mass is 9.93. The van der Waals surface area contributed by atoms with E-state index in [1.54, 1.807) is 12.1 Å². The van der Waals surface area contributed by atoms with Crippen LogP contribution in [0, 0.1) is 13.8 Å². The van der Waals surface area contributed by atoms with Gasteiger partial charge in [-0.25, -0.2) is 0 Å². The number of alkyl halides is 12. The van der Waals surface area contributed by atoms with Crippen LogP contribution in [0.5, 0.6) is 0 Å². The van der Waals surface area contributed by atoms with Gasteiger partial charge >= 0.3 is 24.7 Å². The highest BCUT2D eigenvalue weighted by Crippen LogP contribution is 2.44. The molecule has 2 aromatic carbocycles. The van der Waals surface area contributed by atoms with Crippen molar-refractivity contribution in [2.45, 2.75) is 89.4 Å². The van der Waals surface area contributed by atoms with Crippen molar-refractivity contribution in [2.75, 3.05) is 13.1 Å². The second-order valence-electron chi connectivity index (χ2n) is 13.9. The predicted molar refractivity (Wildman–Crippen MR) is 176 cm³/mol. The first-order valence-corrected chi connectivity index (χ1v) is 17.1. The Morgan fingerprint density at radius 3 is 1.20 bits per heavy atom. The molecule has 6 rings (SSSR count). The molecular weight excluding hydrogens is 740 g/mol. The number of rotatable bonds is 7. The van der Waals surface area contributed by atoms with Gasteiger partial charge in [0, 0.05) is 48.7 Å². The number of benzene rings is 2. The van der Waals surface area contributed by atoms with Gasteiger partial charge in [-0.1, -0.05) is 12.1 Å². The lowest BCUT2D eigenvalue weighted by Gasteiger charge is -2.35. The van der Waals surface area contributed by atoms with Gasteiger partial charge in [0.1, 0.15) is 0 Å². The number of aryl methyl sites for hydroxylation is 2. The Morgan fingerprint density at radius 1 is 0.537 bits per heavy atom. The van der Waals surface area contributed by atoms with Crippen LogP contribution in [0.4, 0.5) is 52.7 Å². The number of aromatic nitrogens is 2. The van der Waals surface area contributed by atoms with Crippen molar-refractivity contribution in [3.8, 4) is 22.3 Å². The molecule has 16 heteroatoms. The molecule has 2 atom stereocenters. The fourth-order valence-corrected chi connectivity index (χ4v) is 7.83. The monoisotopic (exact) mass is 774 g/mol. The summed E-state index contributed by atoms with van der Waals surface area (Å²) in [4.78, 5) is 13.3. The van der Waals surface area contributed by atoms with Gasteiger partial charge in [0.2, 0.25) is 0 Å². The molecule has 290 valence electrons. The Kier molecular flexibility index (Phi) is 10.6. The second-order valence-corrected chi connectivity index (χ2v) is 13.9. The van der Waals surface area contributed by atoms with Gasteiger partial charge in [-0.3, -0.25) is 19.8 Å². The molecule has 0 unspecified atom stereocenters. The molecule has 0 spiro atoms. The number of likely N-dealkylation sites (tertiary alicyclic amines) is 2. The summed E-state index contributed by atoms with van der Waals surface area (Å²) in [6.45, 7) is 4.63. The number of hydrogen-bond acceptors (Lipinski definition) is 4. The standard InChI is InChI=1S/C38H34F12N4/c1-21-13-25(35(39,40)41)15-29(37(45,46)47)33(21)23-7-9-27(51-17-23)19-53-11-3-5-31(53)32-6-4-12-54(32)20-28-10-8-24(18-52-28)34-22(2)14-26(36(42,43)44)16-30(34)38(48,49)50/h7-10,13-18,31-32H,3-6,11-12,19-20H2,1-2H3/t31-,32-/m1/s1. The Hall–Kier alpha value is -4.18. The molecule has 0 saturated carbocycles. The molecule has 0 N–H and O–H groups in total. The van der Waals surface area contributed by atoms with Crippen molar-refractivity contribution in [2.24, 2.45) is 0 Å². The largest absolute Gasteiger partial charge is 0.417 e. The van der Waals surface area contributed by atoms with Gasteiger partial charge in [0.25, 0.3) is 0 Å². The molecule has 2 aliphatic rings. The van der Waals surface area contributed by atoms with Crippen LogP contribution in [0.25, 0.3) is 22.3 Å². The summed E-state index contributed by atoms with van der Waals surface area (Å²) in [5.74, 6) is 0. The first-order valence-electron chi connectivity index (χ1n) is 17.1. The van der Waals surface area contributed by atoms with Crippen molar-refractivity contribution in [3.63, 3.8) is 0 Å². The molecule has 0 bridgehead atoms. The Morgan fingerprint density at radius 2 is 0.907 bits per heavy atom. The Bertz CT molecular complexity index is 1820. The van der Waals surface area contributed by atoms with E-state index in [0.29, 0.717) is 36.6 Å². The average Bonchev–Trinajstić information content (AvgIpc) is 3.72. The van der Waals surface area contributed by atoms with E-state index in [4.69, 9.17) is 0 Å². The first-order chi connectivity index (χ1) is 25.1. The summed E-state index contributed by atoms with van der Waals surface area (Å²) in [7, 11) is 0. The number of pyridine rings is 2. The fraction of sp³-hybridized carbons (Fsp3) is 0.421. The molecule has 0 aliphatic carbocycles. The summed E-state index contributed by atoms with van der Waals surface area (Å²) in [6.07, 6.45) is -14.0. The van der Waals surface area contributed by atoms with Crippen molar-refractivity contribution in [3.05, 3.63) is 106 Å². The molecule has 0 radical (unpaired) electrons. The van der Waals surface area contributed by atoms with Crippen molar-refractivity contribution >= 4 is 0 Å². The van der Waals surface area contributed by atoms with Gasteiger partial charge < -0.3 is 0 Å². The molecule has 4 heterocycles. The molecule has 0 amide bonds. The normalized spacial score (nSPS) is 19.2. The van der Waals surface area contributed by atoms with Crippen LogP contribution in [-0.4, -0.2) is 44.9 Å². The fourth-order valence-electron chi connectivity index (χ4n) is 7.83. The maximum atomic E-state index is 13.9. The van der Waals surface area contributed by atoms with E-state index in [0.717, 1.165) is 38.8 Å². The van der Waals surface area contributed by atoms with E-state index >= 15 is 0 Å². The van der Waals surface area contributed by atoms with Gasteiger partial charge in [0.05, 0.1) is 33.6 Å². The molecular formula is C38H34F12N4. The molecule has 4 nitrogen and oxygen atoms in total. The van der Waals surface area contributed by atoms with Gasteiger partial charge in [-0.2, -0.15) is 52.7 Å². The molecule has 2 fully saturated rings. The SMILES string of the molecule is Cc1cc(C(F)(F)F)cc(C(F)(F)F)c1-c1ccc(CN2CCC[C@@H]2[C@H]2CCCN2Cc2ccc(-c3c(C)cc(C(F)(F)F)cc3C(F)(F)F)cn2)nc1. The van der Waals surface area contributed by atoms with Crippen LogP contribution in [-0.2, 0) is 37.8 Å². The van der Waals surface area contributed by atoms with Crippen LogP contribution >= 0.6 is 0 Å². The quantitative estimate of drug-likeness (QED) is 0.175. The highest BCUT2D eigenvalue weighted by molar-refractivity contribution is 5.73. The molecule has 2 aromatic heterocycles. The van der Waals surface area contributed by atoms with Crippen LogP contribution in [0.15, 0.2) is 60.9 Å². The zero-order chi connectivity index (χ0) is 39.4. The molecule has 2 saturated heterocycles. The maximum Gasteiger partial charge on any atom is 0.417 e. The number of nitrogens with zero attached hydrogens (tertiary/aromatic N) is 4. The van der Waals surface area contributed by atoms with Gasteiger partial charge in [-0.05, 0) is 111 Å². The van der Waals surface area contributed by atoms with E-state index in [-0.39, 0.29) is 57.6 Å². The van der Waals surface area contributed by atoms with Crippen molar-refractivity contribution < 1.29 is 52.7 Å². The van der Waals surface area contributed by atoms with Crippen LogP contribution < -0.4 is 0 Å². The third-order valence-corrected chi connectivity index (χ3v) is 10.2. The van der Waals surface area contributed by atoms with Gasteiger partial charge in [-0.15, -0.1) is 0 Å². The highest BCUT2D eigenvalue weighted by atomic mass is 19.4. The number of halogens is 12. The van der Waals surface area contributed by atoms with E-state index in [1.807, 2.05) is 0 Å². The van der Waals surface area contributed by atoms with E-state index in [2.05, 4.69) is 19.8 Å². The van der Waals surface area contributed by atoms with E-state index in [1.165, 1.54) is 38.4 Å². The Labute approximate surface area is 302 Å².